The highest BCUT2D eigenvalue weighted by Gasteiger charge is 2.39. The molecule has 8 nitrogen and oxygen atoms in total. The van der Waals surface area contributed by atoms with Gasteiger partial charge >= 0.3 is 0 Å². The van der Waals surface area contributed by atoms with Crippen LogP contribution in [0, 0.1) is 0 Å². The minimum Gasteiger partial charge on any atom is -0.388 e. The molecular weight excluding hydrogens is 290 g/mol. The van der Waals surface area contributed by atoms with E-state index in [1.54, 1.807) is 18.9 Å². The Hall–Kier alpha value is -1.22. The van der Waals surface area contributed by atoms with Gasteiger partial charge in [-0.15, -0.1) is 0 Å². The largest absolute Gasteiger partial charge is 0.388 e. The van der Waals surface area contributed by atoms with Crippen LogP contribution in [0.25, 0.3) is 0 Å². The summed E-state index contributed by atoms with van der Waals surface area (Å²) in [4.78, 5) is 26.0. The van der Waals surface area contributed by atoms with Crippen LogP contribution >= 0.6 is 0 Å². The van der Waals surface area contributed by atoms with Crippen LogP contribution in [0.1, 0.15) is 26.2 Å². The first-order valence-electron chi connectivity index (χ1n) is 7.70. The number of carbonyl (C=O) groups excluding carboxylic acids is 2. The molecule has 0 aromatic carbocycles. The topological polar surface area (TPSA) is 111 Å². The maximum absolute atomic E-state index is 12.4. The van der Waals surface area contributed by atoms with Gasteiger partial charge in [0.05, 0.1) is 18.7 Å². The van der Waals surface area contributed by atoms with Crippen molar-refractivity contribution in [2.75, 3.05) is 20.1 Å². The highest BCUT2D eigenvalue weighted by Crippen LogP contribution is 2.21. The first-order valence-corrected chi connectivity index (χ1v) is 7.70. The number of carbonyl (C=O) groups is 2. The lowest BCUT2D eigenvalue weighted by Crippen LogP contribution is -2.58. The van der Waals surface area contributed by atoms with E-state index in [0.717, 1.165) is 6.42 Å². The Balaban J connectivity index is 1.97. The normalized spacial score (nSPS) is 35.5. The van der Waals surface area contributed by atoms with Gasteiger partial charge in [-0.3, -0.25) is 9.59 Å². The van der Waals surface area contributed by atoms with Crippen molar-refractivity contribution in [1.82, 2.24) is 15.5 Å². The molecule has 0 aromatic rings. The minimum atomic E-state index is -1.01. The van der Waals surface area contributed by atoms with Crippen molar-refractivity contribution < 1.29 is 24.5 Å². The molecule has 2 saturated heterocycles. The number of nitrogens with zero attached hydrogens (tertiary/aromatic N) is 1. The van der Waals surface area contributed by atoms with Gasteiger partial charge in [-0.1, -0.05) is 0 Å². The van der Waals surface area contributed by atoms with Gasteiger partial charge in [-0.2, -0.15) is 0 Å². The van der Waals surface area contributed by atoms with Crippen molar-refractivity contribution in [1.29, 1.82) is 0 Å². The first-order chi connectivity index (χ1) is 10.4. The standard InChI is InChI=1S/C14H25N3O5/c1-8-13(20)9(6-12(19)22-8)16-14(21)10-4-3-5-17(10)11(18)7-15-2/h8-10,12-13,15,19-20H,3-7H2,1-2H3,(H,16,21). The number of rotatable bonds is 4. The van der Waals surface area contributed by atoms with Gasteiger partial charge in [-0.05, 0) is 26.8 Å². The van der Waals surface area contributed by atoms with E-state index in [-0.39, 0.29) is 24.8 Å². The molecule has 8 heteroatoms. The average molecular weight is 315 g/mol. The Morgan fingerprint density at radius 1 is 1.36 bits per heavy atom. The summed E-state index contributed by atoms with van der Waals surface area (Å²) in [6, 6.07) is -1.09. The zero-order valence-electron chi connectivity index (χ0n) is 13.0. The SMILES string of the molecule is CNCC(=O)N1CCCC1C(=O)NC1CC(O)OC(C)C1O. The van der Waals surface area contributed by atoms with Gasteiger partial charge in [0.15, 0.2) is 6.29 Å². The van der Waals surface area contributed by atoms with E-state index < -0.39 is 30.6 Å². The number of likely N-dealkylation sites (tertiary alicyclic amines) is 1. The lowest BCUT2D eigenvalue weighted by Gasteiger charge is -2.37. The molecule has 0 bridgehead atoms. The maximum Gasteiger partial charge on any atom is 0.243 e. The number of aliphatic hydroxyl groups excluding tert-OH is 2. The van der Waals surface area contributed by atoms with E-state index in [9.17, 15) is 19.8 Å². The molecule has 2 amide bonds. The predicted octanol–water partition coefficient (Wildman–Crippen LogP) is -1.83. The number of likely N-dealkylation sites (N-methyl/N-ethyl adjacent to an activating group) is 1. The Bertz CT molecular complexity index is 419. The van der Waals surface area contributed by atoms with Crippen LogP contribution in [-0.2, 0) is 14.3 Å². The van der Waals surface area contributed by atoms with Crippen molar-refractivity contribution in [2.24, 2.45) is 0 Å². The Morgan fingerprint density at radius 3 is 2.77 bits per heavy atom. The van der Waals surface area contributed by atoms with Crippen molar-refractivity contribution in [3.8, 4) is 0 Å². The van der Waals surface area contributed by atoms with E-state index >= 15 is 0 Å². The third-order valence-electron chi connectivity index (χ3n) is 4.25. The maximum atomic E-state index is 12.4. The van der Waals surface area contributed by atoms with Crippen LogP contribution in [-0.4, -0.2) is 77.6 Å². The van der Waals surface area contributed by atoms with E-state index in [0.29, 0.717) is 13.0 Å². The lowest BCUT2D eigenvalue weighted by atomic mass is 9.99. The summed E-state index contributed by atoms with van der Waals surface area (Å²) in [5, 5.41) is 25.2. The molecule has 0 spiro atoms. The Kier molecular flexibility index (Phi) is 5.74. The fourth-order valence-corrected chi connectivity index (χ4v) is 3.08. The molecule has 0 aromatic heterocycles. The second-order valence-corrected chi connectivity index (χ2v) is 5.91. The third-order valence-corrected chi connectivity index (χ3v) is 4.25. The number of amides is 2. The molecule has 0 saturated carbocycles. The molecule has 2 fully saturated rings. The second kappa shape index (κ2) is 7.36. The lowest BCUT2D eigenvalue weighted by molar-refractivity contribution is -0.203. The molecule has 0 aliphatic carbocycles. The van der Waals surface area contributed by atoms with Crippen molar-refractivity contribution in [2.45, 2.75) is 56.8 Å². The van der Waals surface area contributed by atoms with E-state index in [2.05, 4.69) is 10.6 Å². The summed E-state index contributed by atoms with van der Waals surface area (Å²) >= 11 is 0. The van der Waals surface area contributed by atoms with Crippen LogP contribution in [0.2, 0.25) is 0 Å². The molecule has 2 heterocycles. The molecule has 126 valence electrons. The fourth-order valence-electron chi connectivity index (χ4n) is 3.08. The van der Waals surface area contributed by atoms with Crippen LogP contribution in [0.3, 0.4) is 0 Å². The highest BCUT2D eigenvalue weighted by molar-refractivity contribution is 5.89. The van der Waals surface area contributed by atoms with Gasteiger partial charge in [0, 0.05) is 13.0 Å². The quantitative estimate of drug-likeness (QED) is 0.486. The number of aliphatic hydroxyl groups is 2. The van der Waals surface area contributed by atoms with Gasteiger partial charge in [-0.25, -0.2) is 0 Å². The second-order valence-electron chi connectivity index (χ2n) is 5.91. The number of hydrogen-bond donors (Lipinski definition) is 4. The van der Waals surface area contributed by atoms with Crippen molar-refractivity contribution in [3.63, 3.8) is 0 Å². The molecule has 2 rings (SSSR count). The third kappa shape index (κ3) is 3.75. The van der Waals surface area contributed by atoms with E-state index in [1.807, 2.05) is 0 Å². The zero-order valence-corrected chi connectivity index (χ0v) is 13.0. The molecule has 2 aliphatic rings. The zero-order chi connectivity index (χ0) is 16.3. The summed E-state index contributed by atoms with van der Waals surface area (Å²) in [5.74, 6) is -0.395. The predicted molar refractivity (Wildman–Crippen MR) is 77.8 cm³/mol. The number of nitrogens with one attached hydrogen (secondary N) is 2. The summed E-state index contributed by atoms with van der Waals surface area (Å²) in [5.41, 5.74) is 0. The molecule has 5 atom stereocenters. The minimum absolute atomic E-state index is 0.110. The Labute approximate surface area is 129 Å². The van der Waals surface area contributed by atoms with Crippen LogP contribution in [0.4, 0.5) is 0 Å². The number of hydrogen-bond acceptors (Lipinski definition) is 6. The van der Waals surface area contributed by atoms with Crippen molar-refractivity contribution in [3.05, 3.63) is 0 Å². The first kappa shape index (κ1) is 17.1. The van der Waals surface area contributed by atoms with Gasteiger partial charge in [0.25, 0.3) is 0 Å². The molecule has 0 radical (unpaired) electrons. The van der Waals surface area contributed by atoms with Crippen LogP contribution in [0.15, 0.2) is 0 Å². The van der Waals surface area contributed by atoms with Crippen LogP contribution in [0.5, 0.6) is 0 Å². The monoisotopic (exact) mass is 315 g/mol. The van der Waals surface area contributed by atoms with Gasteiger partial charge in [0.2, 0.25) is 11.8 Å². The van der Waals surface area contributed by atoms with E-state index in [1.165, 1.54) is 0 Å². The van der Waals surface area contributed by atoms with Crippen molar-refractivity contribution >= 4 is 11.8 Å². The average Bonchev–Trinajstić information content (AvgIpc) is 2.94. The Morgan fingerprint density at radius 2 is 2.09 bits per heavy atom. The summed E-state index contributed by atoms with van der Waals surface area (Å²) in [6.07, 6.45) is -0.917. The number of ether oxygens (including phenoxy) is 1. The van der Waals surface area contributed by atoms with E-state index in [4.69, 9.17) is 4.74 Å². The highest BCUT2D eigenvalue weighted by atomic mass is 16.6. The fraction of sp³-hybridized carbons (Fsp3) is 0.857. The van der Waals surface area contributed by atoms with Gasteiger partial charge < -0.3 is 30.5 Å². The molecular formula is C14H25N3O5. The summed E-state index contributed by atoms with van der Waals surface area (Å²) < 4.78 is 5.11. The molecule has 22 heavy (non-hydrogen) atoms. The van der Waals surface area contributed by atoms with Gasteiger partial charge in [0.1, 0.15) is 12.1 Å². The molecule has 2 aliphatic heterocycles. The smallest absolute Gasteiger partial charge is 0.243 e. The van der Waals surface area contributed by atoms with Crippen LogP contribution < -0.4 is 10.6 Å². The summed E-state index contributed by atoms with van der Waals surface area (Å²) in [7, 11) is 1.68. The molecule has 4 N–H and O–H groups in total. The summed E-state index contributed by atoms with van der Waals surface area (Å²) in [6.45, 7) is 2.40. The molecule has 5 unspecified atom stereocenters.